The Morgan fingerprint density at radius 2 is 2.00 bits per heavy atom. The topological polar surface area (TPSA) is 55.4 Å². The summed E-state index contributed by atoms with van der Waals surface area (Å²) in [5, 5.41) is 2.48. The molecular formula is C12H13BrFNO3. The monoisotopic (exact) mass is 317 g/mol. The van der Waals surface area contributed by atoms with Gasteiger partial charge in [0.15, 0.2) is 0 Å². The molecule has 0 aliphatic carbocycles. The van der Waals surface area contributed by atoms with Gasteiger partial charge in [-0.15, -0.1) is 0 Å². The molecule has 1 amide bonds. The third-order valence-corrected chi connectivity index (χ3v) is 2.99. The van der Waals surface area contributed by atoms with Crippen molar-refractivity contribution in [1.29, 1.82) is 0 Å². The quantitative estimate of drug-likeness (QED) is 0.870. The van der Waals surface area contributed by atoms with Crippen molar-refractivity contribution >= 4 is 27.8 Å². The fraction of sp³-hybridized carbons (Fsp3) is 0.333. The SMILES string of the molecule is COC(=O)C(C)(C)NC(=O)c1cc(F)ccc1Br. The summed E-state index contributed by atoms with van der Waals surface area (Å²) in [5.41, 5.74) is -1.07. The molecule has 0 spiro atoms. The molecule has 0 saturated carbocycles. The average molecular weight is 318 g/mol. The summed E-state index contributed by atoms with van der Waals surface area (Å²) in [6.45, 7) is 3.01. The van der Waals surface area contributed by atoms with Crippen LogP contribution in [0.1, 0.15) is 24.2 Å². The third-order valence-electron chi connectivity index (χ3n) is 2.29. The number of carbonyl (C=O) groups is 2. The average Bonchev–Trinajstić information content (AvgIpc) is 2.30. The Bertz CT molecular complexity index is 488. The minimum atomic E-state index is -1.18. The molecule has 0 radical (unpaired) electrons. The maximum atomic E-state index is 13.1. The first-order chi connectivity index (χ1) is 8.27. The number of nitrogens with one attached hydrogen (secondary N) is 1. The largest absolute Gasteiger partial charge is 0.467 e. The molecular weight excluding hydrogens is 305 g/mol. The van der Waals surface area contributed by atoms with Gasteiger partial charge in [0, 0.05) is 4.47 Å². The van der Waals surface area contributed by atoms with Gasteiger partial charge in [0.25, 0.3) is 5.91 Å². The smallest absolute Gasteiger partial charge is 0.330 e. The Hall–Kier alpha value is -1.43. The van der Waals surface area contributed by atoms with Crippen LogP contribution in [-0.4, -0.2) is 24.5 Å². The number of ether oxygens (including phenoxy) is 1. The molecule has 0 atom stereocenters. The molecule has 0 fully saturated rings. The Labute approximate surface area is 113 Å². The number of hydrogen-bond donors (Lipinski definition) is 1. The molecule has 18 heavy (non-hydrogen) atoms. The van der Waals surface area contributed by atoms with Crippen molar-refractivity contribution in [3.05, 3.63) is 34.1 Å². The van der Waals surface area contributed by atoms with E-state index in [1.54, 1.807) is 0 Å². The number of esters is 1. The number of hydrogen-bond acceptors (Lipinski definition) is 3. The lowest BCUT2D eigenvalue weighted by Crippen LogP contribution is -2.50. The zero-order chi connectivity index (χ0) is 13.9. The molecule has 0 unspecified atom stereocenters. The van der Waals surface area contributed by atoms with Gasteiger partial charge in [0.1, 0.15) is 11.4 Å². The van der Waals surface area contributed by atoms with Crippen LogP contribution in [0.25, 0.3) is 0 Å². The summed E-state index contributed by atoms with van der Waals surface area (Å²) in [4.78, 5) is 23.4. The fourth-order valence-corrected chi connectivity index (χ4v) is 1.76. The van der Waals surface area contributed by atoms with E-state index in [0.29, 0.717) is 4.47 Å². The zero-order valence-corrected chi connectivity index (χ0v) is 11.8. The van der Waals surface area contributed by atoms with Gasteiger partial charge in [-0.05, 0) is 48.0 Å². The lowest BCUT2D eigenvalue weighted by Gasteiger charge is -2.23. The molecule has 98 valence electrons. The van der Waals surface area contributed by atoms with Crippen molar-refractivity contribution in [1.82, 2.24) is 5.32 Å². The summed E-state index contributed by atoms with van der Waals surface area (Å²) in [6.07, 6.45) is 0. The van der Waals surface area contributed by atoms with Crippen LogP contribution in [0.3, 0.4) is 0 Å². The van der Waals surface area contributed by atoms with Crippen molar-refractivity contribution in [2.75, 3.05) is 7.11 Å². The summed E-state index contributed by atoms with van der Waals surface area (Å²) < 4.78 is 18.1. The number of benzene rings is 1. The minimum Gasteiger partial charge on any atom is -0.467 e. The van der Waals surface area contributed by atoms with Gasteiger partial charge in [0.2, 0.25) is 0 Å². The van der Waals surface area contributed by atoms with Gasteiger partial charge >= 0.3 is 5.97 Å². The number of rotatable bonds is 3. The van der Waals surface area contributed by atoms with Crippen molar-refractivity contribution in [3.8, 4) is 0 Å². The van der Waals surface area contributed by atoms with E-state index in [2.05, 4.69) is 26.0 Å². The predicted molar refractivity (Wildman–Crippen MR) is 67.7 cm³/mol. The highest BCUT2D eigenvalue weighted by atomic mass is 79.9. The molecule has 1 N–H and O–H groups in total. The molecule has 0 heterocycles. The van der Waals surface area contributed by atoms with Crippen LogP contribution in [0.4, 0.5) is 4.39 Å². The fourth-order valence-electron chi connectivity index (χ4n) is 1.33. The van der Waals surface area contributed by atoms with E-state index in [4.69, 9.17) is 0 Å². The predicted octanol–water partition coefficient (Wildman–Crippen LogP) is 2.27. The van der Waals surface area contributed by atoms with Crippen LogP contribution in [-0.2, 0) is 9.53 Å². The van der Waals surface area contributed by atoms with Crippen LogP contribution < -0.4 is 5.32 Å². The van der Waals surface area contributed by atoms with E-state index >= 15 is 0 Å². The van der Waals surface area contributed by atoms with E-state index in [-0.39, 0.29) is 5.56 Å². The number of methoxy groups -OCH3 is 1. The first kappa shape index (κ1) is 14.6. The maximum absolute atomic E-state index is 13.1. The van der Waals surface area contributed by atoms with Crippen molar-refractivity contribution in [2.45, 2.75) is 19.4 Å². The molecule has 4 nitrogen and oxygen atoms in total. The highest BCUT2D eigenvalue weighted by Crippen LogP contribution is 2.18. The van der Waals surface area contributed by atoms with Crippen LogP contribution >= 0.6 is 15.9 Å². The lowest BCUT2D eigenvalue weighted by molar-refractivity contribution is -0.146. The Morgan fingerprint density at radius 3 is 2.56 bits per heavy atom. The number of halogens is 2. The second kappa shape index (κ2) is 5.48. The number of carbonyl (C=O) groups excluding carboxylic acids is 2. The van der Waals surface area contributed by atoms with Crippen molar-refractivity contribution in [2.24, 2.45) is 0 Å². The highest BCUT2D eigenvalue weighted by Gasteiger charge is 2.31. The summed E-state index contributed by atoms with van der Waals surface area (Å²) in [6, 6.07) is 3.74. The minimum absolute atomic E-state index is 0.118. The normalized spacial score (nSPS) is 10.9. The highest BCUT2D eigenvalue weighted by molar-refractivity contribution is 9.10. The Balaban J connectivity index is 2.95. The molecule has 1 aromatic carbocycles. The maximum Gasteiger partial charge on any atom is 0.330 e. The summed E-state index contributed by atoms with van der Waals surface area (Å²) in [7, 11) is 1.23. The zero-order valence-electron chi connectivity index (χ0n) is 10.2. The molecule has 0 saturated heterocycles. The van der Waals surface area contributed by atoms with E-state index in [1.807, 2.05) is 0 Å². The molecule has 6 heteroatoms. The molecule has 1 rings (SSSR count). The van der Waals surface area contributed by atoms with Gasteiger partial charge in [-0.1, -0.05) is 0 Å². The second-order valence-electron chi connectivity index (χ2n) is 4.19. The van der Waals surface area contributed by atoms with Crippen LogP contribution in [0.5, 0.6) is 0 Å². The summed E-state index contributed by atoms with van der Waals surface area (Å²) in [5.74, 6) is -1.67. The molecule has 0 aromatic heterocycles. The van der Waals surface area contributed by atoms with Gasteiger partial charge in [-0.3, -0.25) is 4.79 Å². The first-order valence-corrected chi connectivity index (χ1v) is 5.93. The molecule has 0 aliphatic heterocycles. The Morgan fingerprint density at radius 1 is 1.39 bits per heavy atom. The molecule has 0 aliphatic rings. The first-order valence-electron chi connectivity index (χ1n) is 5.14. The van der Waals surface area contributed by atoms with E-state index < -0.39 is 23.2 Å². The lowest BCUT2D eigenvalue weighted by atomic mass is 10.1. The molecule has 0 bridgehead atoms. The van der Waals surface area contributed by atoms with Gasteiger partial charge < -0.3 is 10.1 Å². The van der Waals surface area contributed by atoms with Gasteiger partial charge in [0.05, 0.1) is 12.7 Å². The van der Waals surface area contributed by atoms with Crippen LogP contribution in [0, 0.1) is 5.82 Å². The van der Waals surface area contributed by atoms with Crippen molar-refractivity contribution in [3.63, 3.8) is 0 Å². The van der Waals surface area contributed by atoms with Crippen molar-refractivity contribution < 1.29 is 18.7 Å². The van der Waals surface area contributed by atoms with Gasteiger partial charge in [-0.2, -0.15) is 0 Å². The van der Waals surface area contributed by atoms with Crippen LogP contribution in [0.2, 0.25) is 0 Å². The standard InChI is InChI=1S/C12H13BrFNO3/c1-12(2,11(17)18-3)15-10(16)8-6-7(14)4-5-9(8)13/h4-6H,1-3H3,(H,15,16). The second-order valence-corrected chi connectivity index (χ2v) is 5.05. The summed E-state index contributed by atoms with van der Waals surface area (Å²) >= 11 is 3.15. The van der Waals surface area contributed by atoms with Gasteiger partial charge in [-0.25, -0.2) is 9.18 Å². The Kier molecular flexibility index (Phi) is 4.45. The molecule has 1 aromatic rings. The van der Waals surface area contributed by atoms with E-state index in [9.17, 15) is 14.0 Å². The van der Waals surface area contributed by atoms with E-state index in [0.717, 1.165) is 6.07 Å². The third kappa shape index (κ3) is 3.29. The van der Waals surface area contributed by atoms with Crippen LogP contribution in [0.15, 0.2) is 22.7 Å². The van der Waals surface area contributed by atoms with E-state index in [1.165, 1.54) is 33.1 Å². The number of amides is 1.